The Morgan fingerprint density at radius 2 is 2.26 bits per heavy atom. The van der Waals surface area contributed by atoms with Crippen LogP contribution in [0.4, 0.5) is 0 Å². The van der Waals surface area contributed by atoms with E-state index >= 15 is 0 Å². The second kappa shape index (κ2) is 4.92. The van der Waals surface area contributed by atoms with Gasteiger partial charge in [0, 0.05) is 11.9 Å². The molecule has 6 heteroatoms. The van der Waals surface area contributed by atoms with Crippen molar-refractivity contribution in [2.45, 2.75) is 38.8 Å². The number of hydrogen-bond acceptors (Lipinski definition) is 4. The van der Waals surface area contributed by atoms with E-state index in [2.05, 4.69) is 4.98 Å². The molecule has 1 aromatic rings. The van der Waals surface area contributed by atoms with Gasteiger partial charge in [-0.15, -0.1) is 11.3 Å². The molecule has 0 N–H and O–H groups in total. The van der Waals surface area contributed by atoms with Crippen LogP contribution in [0.25, 0.3) is 0 Å². The van der Waals surface area contributed by atoms with Crippen LogP contribution in [-0.2, 0) is 16.1 Å². The third-order valence-electron chi connectivity index (χ3n) is 3.77. The fourth-order valence-corrected chi connectivity index (χ4v) is 3.44. The van der Waals surface area contributed by atoms with Crippen molar-refractivity contribution in [2.75, 3.05) is 13.1 Å². The number of amides is 2. The molecule has 0 aromatic carbocycles. The SMILES string of the molecule is Cc1nc(CN2CC(=O)N3CCCCC3C2=O)cs1. The zero-order valence-corrected chi connectivity index (χ0v) is 11.8. The van der Waals surface area contributed by atoms with Crippen molar-refractivity contribution in [1.82, 2.24) is 14.8 Å². The number of carbonyl (C=O) groups excluding carboxylic acids is 2. The summed E-state index contributed by atoms with van der Waals surface area (Å²) in [5.41, 5.74) is 0.882. The number of aromatic nitrogens is 1. The second-order valence-corrected chi connectivity index (χ2v) is 6.21. The number of rotatable bonds is 2. The summed E-state index contributed by atoms with van der Waals surface area (Å²) in [7, 11) is 0. The number of nitrogens with zero attached hydrogens (tertiary/aromatic N) is 3. The third kappa shape index (κ3) is 2.36. The van der Waals surface area contributed by atoms with Gasteiger partial charge in [-0.05, 0) is 26.2 Å². The Morgan fingerprint density at radius 1 is 1.42 bits per heavy atom. The van der Waals surface area contributed by atoms with Crippen molar-refractivity contribution in [3.05, 3.63) is 16.1 Å². The highest BCUT2D eigenvalue weighted by atomic mass is 32.1. The van der Waals surface area contributed by atoms with E-state index in [1.807, 2.05) is 12.3 Å². The van der Waals surface area contributed by atoms with Gasteiger partial charge >= 0.3 is 0 Å². The molecule has 0 radical (unpaired) electrons. The van der Waals surface area contributed by atoms with E-state index in [9.17, 15) is 9.59 Å². The monoisotopic (exact) mass is 279 g/mol. The maximum Gasteiger partial charge on any atom is 0.246 e. The molecule has 0 spiro atoms. The molecule has 5 nitrogen and oxygen atoms in total. The Kier molecular flexibility index (Phi) is 3.26. The van der Waals surface area contributed by atoms with Crippen LogP contribution in [0.5, 0.6) is 0 Å². The van der Waals surface area contributed by atoms with Crippen LogP contribution in [0.1, 0.15) is 30.0 Å². The summed E-state index contributed by atoms with van der Waals surface area (Å²) in [6, 6.07) is -0.227. The van der Waals surface area contributed by atoms with Gasteiger partial charge in [-0.25, -0.2) is 4.98 Å². The lowest BCUT2D eigenvalue weighted by Gasteiger charge is -2.42. The van der Waals surface area contributed by atoms with Crippen LogP contribution < -0.4 is 0 Å². The molecule has 2 fully saturated rings. The van der Waals surface area contributed by atoms with Crippen molar-refractivity contribution >= 4 is 23.2 Å². The lowest BCUT2D eigenvalue weighted by atomic mass is 9.98. The summed E-state index contributed by atoms with van der Waals surface area (Å²) < 4.78 is 0. The highest BCUT2D eigenvalue weighted by molar-refractivity contribution is 7.09. The fourth-order valence-electron chi connectivity index (χ4n) is 2.84. The van der Waals surface area contributed by atoms with Crippen LogP contribution in [-0.4, -0.2) is 45.7 Å². The molecule has 0 aliphatic carbocycles. The molecular weight excluding hydrogens is 262 g/mol. The van der Waals surface area contributed by atoms with E-state index in [1.54, 1.807) is 21.1 Å². The normalized spacial score (nSPS) is 23.7. The minimum Gasteiger partial charge on any atom is -0.329 e. The first-order valence-electron chi connectivity index (χ1n) is 6.64. The highest BCUT2D eigenvalue weighted by Crippen LogP contribution is 2.24. The van der Waals surface area contributed by atoms with E-state index < -0.39 is 0 Å². The van der Waals surface area contributed by atoms with E-state index in [0.717, 1.165) is 36.5 Å². The summed E-state index contributed by atoms with van der Waals surface area (Å²) in [5.74, 6) is 0.168. The minimum atomic E-state index is -0.227. The lowest BCUT2D eigenvalue weighted by Crippen LogP contribution is -2.60. The first-order chi connectivity index (χ1) is 9.15. The standard InChI is InChI=1S/C13H17N3O2S/c1-9-14-10(8-19-9)6-15-7-12(17)16-5-3-2-4-11(16)13(15)18/h8,11H,2-7H2,1H3. The molecule has 0 saturated carbocycles. The van der Waals surface area contributed by atoms with E-state index in [4.69, 9.17) is 0 Å². The third-order valence-corrected chi connectivity index (χ3v) is 4.59. The highest BCUT2D eigenvalue weighted by Gasteiger charge is 2.40. The lowest BCUT2D eigenvalue weighted by molar-refractivity contribution is -0.158. The van der Waals surface area contributed by atoms with Gasteiger partial charge in [-0.3, -0.25) is 9.59 Å². The molecule has 102 valence electrons. The van der Waals surface area contributed by atoms with Crippen molar-refractivity contribution in [3.8, 4) is 0 Å². The van der Waals surface area contributed by atoms with Gasteiger partial charge in [-0.2, -0.15) is 0 Å². The smallest absolute Gasteiger partial charge is 0.246 e. The second-order valence-electron chi connectivity index (χ2n) is 5.15. The quantitative estimate of drug-likeness (QED) is 0.816. The van der Waals surface area contributed by atoms with Gasteiger partial charge in [0.15, 0.2) is 0 Å². The Balaban J connectivity index is 1.75. The van der Waals surface area contributed by atoms with Crippen LogP contribution in [0, 0.1) is 6.92 Å². The first-order valence-corrected chi connectivity index (χ1v) is 7.52. The number of aryl methyl sites for hydroxylation is 1. The number of fused-ring (bicyclic) bond motifs is 1. The van der Waals surface area contributed by atoms with Gasteiger partial charge in [0.05, 0.1) is 17.2 Å². The zero-order chi connectivity index (χ0) is 13.4. The summed E-state index contributed by atoms with van der Waals surface area (Å²) in [6.07, 6.45) is 2.85. The molecule has 2 aliphatic heterocycles. The summed E-state index contributed by atoms with van der Waals surface area (Å²) in [4.78, 5) is 32.3. The topological polar surface area (TPSA) is 53.5 Å². The molecule has 19 heavy (non-hydrogen) atoms. The number of hydrogen-bond donors (Lipinski definition) is 0. The van der Waals surface area contributed by atoms with Gasteiger partial charge in [0.1, 0.15) is 12.6 Å². The van der Waals surface area contributed by atoms with Crippen LogP contribution in [0.15, 0.2) is 5.38 Å². The van der Waals surface area contributed by atoms with E-state index in [0.29, 0.717) is 6.54 Å². The fraction of sp³-hybridized carbons (Fsp3) is 0.615. The molecule has 2 saturated heterocycles. The summed E-state index contributed by atoms with van der Waals surface area (Å²) >= 11 is 1.57. The predicted molar refractivity (Wildman–Crippen MR) is 71.6 cm³/mol. The maximum atomic E-state index is 12.4. The van der Waals surface area contributed by atoms with Crippen LogP contribution in [0.2, 0.25) is 0 Å². The zero-order valence-electron chi connectivity index (χ0n) is 11.0. The van der Waals surface area contributed by atoms with Crippen molar-refractivity contribution in [1.29, 1.82) is 0 Å². The maximum absolute atomic E-state index is 12.4. The molecule has 3 heterocycles. The number of piperidine rings is 1. The molecule has 1 atom stereocenters. The number of carbonyl (C=O) groups is 2. The number of thiazole rings is 1. The van der Waals surface area contributed by atoms with E-state index in [-0.39, 0.29) is 24.4 Å². The molecule has 2 aliphatic rings. The first kappa shape index (κ1) is 12.6. The molecule has 2 amide bonds. The van der Waals surface area contributed by atoms with Crippen LogP contribution >= 0.6 is 11.3 Å². The molecule has 0 bridgehead atoms. The van der Waals surface area contributed by atoms with Crippen LogP contribution in [0.3, 0.4) is 0 Å². The van der Waals surface area contributed by atoms with Gasteiger partial charge < -0.3 is 9.80 Å². The van der Waals surface area contributed by atoms with Gasteiger partial charge in [0.25, 0.3) is 0 Å². The van der Waals surface area contributed by atoms with Crippen molar-refractivity contribution in [3.63, 3.8) is 0 Å². The average molecular weight is 279 g/mol. The van der Waals surface area contributed by atoms with E-state index in [1.165, 1.54) is 0 Å². The van der Waals surface area contributed by atoms with Crippen molar-refractivity contribution in [2.24, 2.45) is 0 Å². The molecule has 1 aromatic heterocycles. The van der Waals surface area contributed by atoms with Gasteiger partial charge in [0.2, 0.25) is 11.8 Å². The largest absolute Gasteiger partial charge is 0.329 e. The summed E-state index contributed by atoms with van der Waals surface area (Å²) in [6.45, 7) is 3.34. The molecular formula is C13H17N3O2S. The Labute approximate surface area is 116 Å². The molecule has 1 unspecified atom stereocenters. The summed E-state index contributed by atoms with van der Waals surface area (Å²) in [5, 5.41) is 2.95. The Bertz CT molecular complexity index is 514. The van der Waals surface area contributed by atoms with Gasteiger partial charge in [-0.1, -0.05) is 0 Å². The predicted octanol–water partition coefficient (Wildman–Crippen LogP) is 1.17. The van der Waals surface area contributed by atoms with Crippen molar-refractivity contribution < 1.29 is 9.59 Å². The Morgan fingerprint density at radius 3 is 3.00 bits per heavy atom. The average Bonchev–Trinajstić information content (AvgIpc) is 2.81. The molecule has 3 rings (SSSR count). The Hall–Kier alpha value is -1.43. The minimum absolute atomic E-state index is 0.0799. The number of piperazine rings is 1.